The lowest BCUT2D eigenvalue weighted by Crippen LogP contribution is -2.31. The molecule has 28 heavy (non-hydrogen) atoms. The predicted molar refractivity (Wildman–Crippen MR) is 105 cm³/mol. The fourth-order valence-electron chi connectivity index (χ4n) is 4.03. The maximum absolute atomic E-state index is 12.8. The Balaban J connectivity index is 1.51. The molecule has 2 atom stereocenters. The minimum absolute atomic E-state index is 0.0501. The number of carbonyl (C=O) groups excluding carboxylic acids is 3. The first-order valence-electron chi connectivity index (χ1n) is 9.44. The van der Waals surface area contributed by atoms with Crippen LogP contribution in [0.2, 0.25) is 5.02 Å². The van der Waals surface area contributed by atoms with Crippen molar-refractivity contribution in [3.05, 3.63) is 64.7 Å². The average Bonchev–Trinajstić information content (AvgIpc) is 2.98. The van der Waals surface area contributed by atoms with E-state index in [1.165, 1.54) is 4.90 Å². The van der Waals surface area contributed by atoms with E-state index in [-0.39, 0.29) is 30.3 Å². The molecule has 2 aromatic rings. The first-order valence-corrected chi connectivity index (χ1v) is 9.82. The Labute approximate surface area is 168 Å². The molecule has 2 aromatic carbocycles. The highest BCUT2D eigenvalue weighted by Gasteiger charge is 2.48. The van der Waals surface area contributed by atoms with Crippen LogP contribution < -0.4 is 4.90 Å². The molecule has 2 fully saturated rings. The van der Waals surface area contributed by atoms with Crippen LogP contribution in [0.5, 0.6) is 0 Å². The van der Waals surface area contributed by atoms with E-state index >= 15 is 0 Å². The van der Waals surface area contributed by atoms with Crippen molar-refractivity contribution in [2.24, 2.45) is 11.8 Å². The summed E-state index contributed by atoms with van der Waals surface area (Å²) in [5.41, 5.74) is 1.43. The van der Waals surface area contributed by atoms with Crippen LogP contribution in [0.25, 0.3) is 0 Å². The lowest BCUT2D eigenvalue weighted by atomic mass is 9.81. The third kappa shape index (κ3) is 3.42. The van der Waals surface area contributed by atoms with Crippen molar-refractivity contribution < 1.29 is 19.1 Å². The van der Waals surface area contributed by atoms with Gasteiger partial charge in [-0.3, -0.25) is 14.5 Å². The minimum Gasteiger partial charge on any atom is -0.457 e. The summed E-state index contributed by atoms with van der Waals surface area (Å²) in [5.74, 6) is -1.29. The number of benzene rings is 2. The molecule has 144 valence electrons. The largest absolute Gasteiger partial charge is 0.457 e. The Hall–Kier alpha value is -2.66. The SMILES string of the molecule is O=C(OCc1ccccc1Cl)c1cccc(N2C(=O)C3CCCCC3C2=O)c1. The van der Waals surface area contributed by atoms with Gasteiger partial charge >= 0.3 is 5.97 Å². The maximum Gasteiger partial charge on any atom is 0.338 e. The first-order chi connectivity index (χ1) is 13.6. The number of imide groups is 1. The van der Waals surface area contributed by atoms with Crippen molar-refractivity contribution >= 4 is 35.1 Å². The number of hydrogen-bond acceptors (Lipinski definition) is 4. The third-order valence-corrected chi connectivity index (χ3v) is 5.87. The first kappa shape index (κ1) is 18.7. The molecular weight excluding hydrogens is 378 g/mol. The summed E-state index contributed by atoms with van der Waals surface area (Å²) in [5, 5.41) is 0.528. The lowest BCUT2D eigenvalue weighted by Gasteiger charge is -2.19. The molecule has 2 unspecified atom stereocenters. The fraction of sp³-hybridized carbons (Fsp3) is 0.318. The zero-order valence-electron chi connectivity index (χ0n) is 15.3. The minimum atomic E-state index is -0.529. The van der Waals surface area contributed by atoms with Gasteiger partial charge in [-0.2, -0.15) is 0 Å². The molecule has 0 bridgehead atoms. The van der Waals surface area contributed by atoms with Crippen molar-refractivity contribution in [2.75, 3.05) is 4.90 Å². The van der Waals surface area contributed by atoms with Gasteiger partial charge in [0.2, 0.25) is 11.8 Å². The molecule has 6 heteroatoms. The fourth-order valence-corrected chi connectivity index (χ4v) is 4.22. The van der Waals surface area contributed by atoms with Crippen molar-refractivity contribution in [3.63, 3.8) is 0 Å². The van der Waals surface area contributed by atoms with Gasteiger partial charge in [-0.1, -0.05) is 48.7 Å². The van der Waals surface area contributed by atoms with Gasteiger partial charge in [0, 0.05) is 10.6 Å². The standard InChI is InChI=1S/C22H20ClNO4/c23-19-11-4-1-6-15(19)13-28-22(27)14-7-5-8-16(12-14)24-20(25)17-9-2-3-10-18(17)21(24)26/h1,4-8,11-12,17-18H,2-3,9-10,13H2. The molecule has 5 nitrogen and oxygen atoms in total. The van der Waals surface area contributed by atoms with Crippen LogP contribution in [0, 0.1) is 11.8 Å². The lowest BCUT2D eigenvalue weighted by molar-refractivity contribution is -0.122. The molecule has 1 heterocycles. The van der Waals surface area contributed by atoms with Crippen molar-refractivity contribution in [2.45, 2.75) is 32.3 Å². The zero-order chi connectivity index (χ0) is 19.7. The predicted octanol–water partition coefficient (Wildman–Crippen LogP) is 4.38. The summed E-state index contributed by atoms with van der Waals surface area (Å²) >= 11 is 6.08. The van der Waals surface area contributed by atoms with Crippen LogP contribution in [-0.2, 0) is 20.9 Å². The van der Waals surface area contributed by atoms with E-state index < -0.39 is 5.97 Å². The van der Waals surface area contributed by atoms with E-state index in [0.29, 0.717) is 21.8 Å². The van der Waals surface area contributed by atoms with E-state index in [2.05, 4.69) is 0 Å². The number of fused-ring (bicyclic) bond motifs is 1. The van der Waals surface area contributed by atoms with Crippen LogP contribution in [0.3, 0.4) is 0 Å². The number of ether oxygens (including phenoxy) is 1. The molecular formula is C22H20ClNO4. The molecule has 2 aliphatic rings. The number of amides is 2. The van der Waals surface area contributed by atoms with E-state index in [1.54, 1.807) is 42.5 Å². The highest BCUT2D eigenvalue weighted by molar-refractivity contribution is 6.31. The number of nitrogens with zero attached hydrogens (tertiary/aromatic N) is 1. The number of hydrogen-bond donors (Lipinski definition) is 0. The van der Waals surface area contributed by atoms with E-state index in [9.17, 15) is 14.4 Å². The molecule has 1 saturated heterocycles. The van der Waals surface area contributed by atoms with E-state index in [4.69, 9.17) is 16.3 Å². The van der Waals surface area contributed by atoms with Crippen LogP contribution in [0.1, 0.15) is 41.6 Å². The number of halogens is 1. The molecule has 4 rings (SSSR count). The highest BCUT2D eigenvalue weighted by atomic mass is 35.5. The second-order valence-corrected chi connectivity index (χ2v) is 7.63. The Morgan fingerprint density at radius 3 is 2.36 bits per heavy atom. The Bertz CT molecular complexity index is 918. The van der Waals surface area contributed by atoms with E-state index in [1.807, 2.05) is 6.07 Å². The van der Waals surface area contributed by atoms with Crippen molar-refractivity contribution in [1.82, 2.24) is 0 Å². The molecule has 0 N–H and O–H groups in total. The quantitative estimate of drug-likeness (QED) is 0.567. The molecule has 0 aromatic heterocycles. The van der Waals surface area contributed by atoms with Crippen molar-refractivity contribution in [1.29, 1.82) is 0 Å². The summed E-state index contributed by atoms with van der Waals surface area (Å²) in [4.78, 5) is 39.2. The summed E-state index contributed by atoms with van der Waals surface area (Å²) in [6, 6.07) is 13.6. The zero-order valence-corrected chi connectivity index (χ0v) is 16.0. The number of carbonyl (C=O) groups is 3. The molecule has 0 spiro atoms. The monoisotopic (exact) mass is 397 g/mol. The Morgan fingerprint density at radius 1 is 1.00 bits per heavy atom. The van der Waals surface area contributed by atoms with Gasteiger partial charge in [-0.25, -0.2) is 4.79 Å². The summed E-state index contributed by atoms with van der Waals surface area (Å²) < 4.78 is 5.35. The van der Waals surface area contributed by atoms with Gasteiger partial charge in [0.05, 0.1) is 23.1 Å². The van der Waals surface area contributed by atoms with Gasteiger partial charge < -0.3 is 4.74 Å². The number of rotatable bonds is 4. The summed E-state index contributed by atoms with van der Waals surface area (Å²) in [6.45, 7) is 0.0501. The highest BCUT2D eigenvalue weighted by Crippen LogP contribution is 2.40. The van der Waals surface area contributed by atoms with Gasteiger partial charge in [0.15, 0.2) is 0 Å². The smallest absolute Gasteiger partial charge is 0.338 e. The molecule has 1 saturated carbocycles. The van der Waals surface area contributed by atoms with E-state index in [0.717, 1.165) is 25.7 Å². The average molecular weight is 398 g/mol. The van der Waals surface area contributed by atoms with Crippen LogP contribution in [0.4, 0.5) is 5.69 Å². The van der Waals surface area contributed by atoms with Crippen LogP contribution in [0.15, 0.2) is 48.5 Å². The van der Waals surface area contributed by atoms with Gasteiger partial charge in [-0.15, -0.1) is 0 Å². The van der Waals surface area contributed by atoms with Crippen LogP contribution >= 0.6 is 11.6 Å². The van der Waals surface area contributed by atoms with Crippen LogP contribution in [-0.4, -0.2) is 17.8 Å². The maximum atomic E-state index is 12.8. The normalized spacial score (nSPS) is 21.5. The third-order valence-electron chi connectivity index (χ3n) is 5.50. The van der Waals surface area contributed by atoms with Gasteiger partial charge in [0.25, 0.3) is 0 Å². The molecule has 2 amide bonds. The second kappa shape index (κ2) is 7.76. The topological polar surface area (TPSA) is 63.7 Å². The number of anilines is 1. The summed E-state index contributed by atoms with van der Waals surface area (Å²) in [7, 11) is 0. The second-order valence-electron chi connectivity index (χ2n) is 7.23. The van der Waals surface area contributed by atoms with Gasteiger partial charge in [-0.05, 0) is 37.1 Å². The summed E-state index contributed by atoms with van der Waals surface area (Å²) in [6.07, 6.45) is 3.46. The molecule has 1 aliphatic carbocycles. The van der Waals surface area contributed by atoms with Crippen molar-refractivity contribution in [3.8, 4) is 0 Å². The number of esters is 1. The molecule has 0 radical (unpaired) electrons. The Morgan fingerprint density at radius 2 is 1.68 bits per heavy atom. The molecule has 1 aliphatic heterocycles. The Kier molecular flexibility index (Phi) is 5.18. The van der Waals surface area contributed by atoms with Gasteiger partial charge in [0.1, 0.15) is 6.61 Å².